The van der Waals surface area contributed by atoms with Crippen LogP contribution in [-0.2, 0) is 0 Å². The van der Waals surface area contributed by atoms with E-state index in [0.29, 0.717) is 28.9 Å². The Morgan fingerprint density at radius 2 is 1.88 bits per heavy atom. The summed E-state index contributed by atoms with van der Waals surface area (Å²) in [5.74, 6) is 0.422. The average Bonchev–Trinajstić information content (AvgIpc) is 2.95. The van der Waals surface area contributed by atoms with E-state index in [9.17, 15) is 9.59 Å². The lowest BCUT2D eigenvalue weighted by molar-refractivity contribution is 0.0938. The highest BCUT2D eigenvalue weighted by atomic mass is 16.5. The predicted molar refractivity (Wildman–Crippen MR) is 98.9 cm³/mol. The summed E-state index contributed by atoms with van der Waals surface area (Å²) in [6.45, 7) is 6.35. The van der Waals surface area contributed by atoms with E-state index in [1.807, 2.05) is 57.2 Å². The van der Waals surface area contributed by atoms with Gasteiger partial charge in [-0.3, -0.25) is 9.59 Å². The van der Waals surface area contributed by atoms with Gasteiger partial charge < -0.3 is 14.5 Å². The first-order valence-corrected chi connectivity index (χ1v) is 8.61. The number of fused-ring (bicyclic) bond motifs is 2. The second kappa shape index (κ2) is 6.02. The van der Waals surface area contributed by atoms with Gasteiger partial charge >= 0.3 is 0 Å². The number of ether oxygens (including phenoxy) is 1. The molecule has 0 radical (unpaired) electrons. The smallest absolute Gasteiger partial charge is 0.288 e. The zero-order chi connectivity index (χ0) is 18.4. The summed E-state index contributed by atoms with van der Waals surface area (Å²) in [5.41, 5.74) is 3.44. The highest BCUT2D eigenvalue weighted by molar-refractivity contribution is 5.99. The van der Waals surface area contributed by atoms with Gasteiger partial charge in [0.25, 0.3) is 5.91 Å². The molecule has 2 aromatic carbocycles. The van der Waals surface area contributed by atoms with Crippen molar-refractivity contribution in [2.24, 2.45) is 0 Å². The van der Waals surface area contributed by atoms with Crippen LogP contribution in [0.25, 0.3) is 11.0 Å². The number of amides is 1. The van der Waals surface area contributed by atoms with Crippen LogP contribution < -0.4 is 15.5 Å². The van der Waals surface area contributed by atoms with Crippen molar-refractivity contribution in [1.29, 1.82) is 0 Å². The van der Waals surface area contributed by atoms with E-state index in [4.69, 9.17) is 9.15 Å². The molecule has 1 atom stereocenters. The molecule has 1 N–H and O–H groups in total. The summed E-state index contributed by atoms with van der Waals surface area (Å²) >= 11 is 0. The average molecular weight is 349 g/mol. The number of hydrogen-bond acceptors (Lipinski definition) is 4. The fourth-order valence-corrected chi connectivity index (χ4v) is 3.36. The summed E-state index contributed by atoms with van der Waals surface area (Å²) in [5, 5.41) is 3.36. The number of rotatable bonds is 3. The monoisotopic (exact) mass is 349 g/mol. The highest BCUT2D eigenvalue weighted by Crippen LogP contribution is 2.32. The molecule has 0 saturated heterocycles. The van der Waals surface area contributed by atoms with Crippen LogP contribution in [0.3, 0.4) is 0 Å². The summed E-state index contributed by atoms with van der Waals surface area (Å²) in [7, 11) is 0. The Hall–Kier alpha value is -3.08. The van der Waals surface area contributed by atoms with Gasteiger partial charge in [-0.25, -0.2) is 0 Å². The second-order valence-electron chi connectivity index (χ2n) is 6.52. The molecule has 0 saturated carbocycles. The minimum absolute atomic E-state index is 0.0950. The van der Waals surface area contributed by atoms with Gasteiger partial charge in [0.1, 0.15) is 11.3 Å². The van der Waals surface area contributed by atoms with E-state index in [-0.39, 0.29) is 17.1 Å². The van der Waals surface area contributed by atoms with Crippen LogP contribution in [0, 0.1) is 13.8 Å². The van der Waals surface area contributed by atoms with Gasteiger partial charge in [0, 0.05) is 0 Å². The van der Waals surface area contributed by atoms with Crippen LogP contribution in [0.2, 0.25) is 0 Å². The first-order chi connectivity index (χ1) is 12.5. The highest BCUT2D eigenvalue weighted by Gasteiger charge is 2.36. The van der Waals surface area contributed by atoms with E-state index in [1.165, 1.54) is 0 Å². The molecular weight excluding hydrogens is 330 g/mol. The molecule has 5 nitrogen and oxygen atoms in total. The van der Waals surface area contributed by atoms with Gasteiger partial charge in [-0.2, -0.15) is 0 Å². The van der Waals surface area contributed by atoms with E-state index in [0.717, 1.165) is 16.7 Å². The molecular formula is C21H19NO4. The number of carbonyl (C=O) groups is 1. The normalized spacial score (nSPS) is 15.8. The first kappa shape index (κ1) is 16.4. The van der Waals surface area contributed by atoms with Crippen molar-refractivity contribution >= 4 is 16.9 Å². The van der Waals surface area contributed by atoms with Crippen molar-refractivity contribution in [2.45, 2.75) is 26.8 Å². The third-order valence-electron chi connectivity index (χ3n) is 4.81. The minimum atomic E-state index is -0.542. The van der Waals surface area contributed by atoms with Crippen LogP contribution in [0.5, 0.6) is 5.75 Å². The molecule has 26 heavy (non-hydrogen) atoms. The third kappa shape index (κ3) is 2.47. The van der Waals surface area contributed by atoms with Gasteiger partial charge in [0.15, 0.2) is 5.43 Å². The van der Waals surface area contributed by atoms with Gasteiger partial charge in [0.05, 0.1) is 23.6 Å². The van der Waals surface area contributed by atoms with Crippen molar-refractivity contribution in [2.75, 3.05) is 6.61 Å². The van der Waals surface area contributed by atoms with Crippen molar-refractivity contribution in [3.05, 3.63) is 74.6 Å². The Morgan fingerprint density at radius 1 is 1.12 bits per heavy atom. The molecule has 1 amide bonds. The molecule has 5 heteroatoms. The zero-order valence-electron chi connectivity index (χ0n) is 14.9. The Balaban J connectivity index is 1.93. The molecule has 3 aromatic rings. The molecule has 0 bridgehead atoms. The van der Waals surface area contributed by atoms with Crippen molar-refractivity contribution < 1.29 is 13.9 Å². The Labute approximate surface area is 150 Å². The number of aryl methyl sites for hydroxylation is 2. The van der Waals surface area contributed by atoms with Crippen molar-refractivity contribution in [3.8, 4) is 5.75 Å². The lowest BCUT2D eigenvalue weighted by atomic mass is 9.98. The summed E-state index contributed by atoms with van der Waals surface area (Å²) in [4.78, 5) is 25.6. The zero-order valence-corrected chi connectivity index (χ0v) is 14.9. The van der Waals surface area contributed by atoms with Crippen molar-refractivity contribution in [3.63, 3.8) is 0 Å². The topological polar surface area (TPSA) is 68.5 Å². The molecule has 1 aliphatic rings. The van der Waals surface area contributed by atoms with Crippen LogP contribution in [-0.4, -0.2) is 12.5 Å². The Kier molecular flexibility index (Phi) is 3.80. The van der Waals surface area contributed by atoms with E-state index in [2.05, 4.69) is 5.32 Å². The van der Waals surface area contributed by atoms with Crippen molar-refractivity contribution in [1.82, 2.24) is 5.32 Å². The SMILES string of the molecule is CCOc1cccc(C2NC(=O)c3oc4cc(C)c(C)cc4c(=O)c32)c1. The quantitative estimate of drug-likeness (QED) is 0.784. The first-order valence-electron chi connectivity index (χ1n) is 8.61. The lowest BCUT2D eigenvalue weighted by Gasteiger charge is -2.13. The molecule has 0 spiro atoms. The fourth-order valence-electron chi connectivity index (χ4n) is 3.36. The van der Waals surface area contributed by atoms with E-state index < -0.39 is 6.04 Å². The minimum Gasteiger partial charge on any atom is -0.494 e. The number of benzene rings is 2. The fraction of sp³-hybridized carbons (Fsp3) is 0.238. The standard InChI is InChI=1S/C21H19NO4/c1-4-25-14-7-5-6-13(10-14)18-17-19(23)15-8-11(2)12(3)9-16(15)26-20(17)21(24)22-18/h5-10,18H,4H2,1-3H3,(H,22,24). The molecule has 4 rings (SSSR count). The van der Waals surface area contributed by atoms with Gasteiger partial charge in [-0.15, -0.1) is 0 Å². The molecule has 2 heterocycles. The Bertz CT molecular complexity index is 1100. The number of nitrogens with one attached hydrogen (secondary N) is 1. The largest absolute Gasteiger partial charge is 0.494 e. The van der Waals surface area contributed by atoms with E-state index >= 15 is 0 Å². The van der Waals surface area contributed by atoms with Gasteiger partial charge in [-0.1, -0.05) is 12.1 Å². The molecule has 0 fully saturated rings. The third-order valence-corrected chi connectivity index (χ3v) is 4.81. The second-order valence-corrected chi connectivity index (χ2v) is 6.52. The maximum atomic E-state index is 13.1. The molecule has 132 valence electrons. The van der Waals surface area contributed by atoms with Crippen LogP contribution >= 0.6 is 0 Å². The molecule has 1 unspecified atom stereocenters. The van der Waals surface area contributed by atoms with E-state index in [1.54, 1.807) is 0 Å². The Morgan fingerprint density at radius 3 is 2.65 bits per heavy atom. The molecule has 1 aliphatic heterocycles. The summed E-state index contributed by atoms with van der Waals surface area (Å²) in [6.07, 6.45) is 0. The van der Waals surface area contributed by atoms with Crippen LogP contribution in [0.15, 0.2) is 45.6 Å². The maximum Gasteiger partial charge on any atom is 0.288 e. The number of carbonyl (C=O) groups excluding carboxylic acids is 1. The van der Waals surface area contributed by atoms with Gasteiger partial charge in [-0.05, 0) is 61.7 Å². The number of hydrogen-bond donors (Lipinski definition) is 1. The molecule has 1 aromatic heterocycles. The summed E-state index contributed by atoms with van der Waals surface area (Å²) in [6, 6.07) is 10.5. The van der Waals surface area contributed by atoms with Crippen LogP contribution in [0.1, 0.15) is 45.8 Å². The molecule has 0 aliphatic carbocycles. The summed E-state index contributed by atoms with van der Waals surface area (Å²) < 4.78 is 11.4. The maximum absolute atomic E-state index is 13.1. The lowest BCUT2D eigenvalue weighted by Crippen LogP contribution is -2.22. The van der Waals surface area contributed by atoms with Gasteiger partial charge in [0.2, 0.25) is 5.76 Å². The predicted octanol–water partition coefficient (Wildman–Crippen LogP) is 3.64. The van der Waals surface area contributed by atoms with Crippen LogP contribution in [0.4, 0.5) is 0 Å².